The third-order valence-electron chi connectivity index (χ3n) is 9.11. The molecular formula is C32H42FN2O2+. The molecule has 37 heavy (non-hydrogen) atoms. The van der Waals surface area contributed by atoms with E-state index in [2.05, 4.69) is 44.2 Å². The first-order chi connectivity index (χ1) is 18.1. The molecule has 1 aromatic heterocycles. The molecule has 1 aliphatic carbocycles. The Kier molecular flexibility index (Phi) is 8.29. The number of hydrogen-bond donors (Lipinski definition) is 1. The van der Waals surface area contributed by atoms with Gasteiger partial charge in [-0.15, -0.1) is 0 Å². The second-order valence-corrected chi connectivity index (χ2v) is 11.4. The Balaban J connectivity index is 1.28. The summed E-state index contributed by atoms with van der Waals surface area (Å²) in [6.45, 7) is 8.33. The van der Waals surface area contributed by atoms with Crippen molar-refractivity contribution in [2.75, 3.05) is 19.7 Å². The molecule has 5 heteroatoms. The second-order valence-electron chi connectivity index (χ2n) is 11.4. The maximum atomic E-state index is 13.3. The van der Waals surface area contributed by atoms with Crippen LogP contribution in [0.4, 0.5) is 4.39 Å². The van der Waals surface area contributed by atoms with E-state index in [0.29, 0.717) is 24.4 Å². The fraction of sp³-hybridized carbons (Fsp3) is 0.531. The molecule has 2 aliphatic rings. The number of halogens is 1. The number of quaternary nitrogens is 1. The number of oxazole rings is 1. The summed E-state index contributed by atoms with van der Waals surface area (Å²) in [6.07, 6.45) is 10.7. The maximum absolute atomic E-state index is 13.3. The molecular weight excluding hydrogens is 463 g/mol. The van der Waals surface area contributed by atoms with Crippen LogP contribution < -0.4 is 9.64 Å². The first kappa shape index (κ1) is 26.0. The molecule has 4 atom stereocenters. The Morgan fingerprint density at radius 2 is 1.76 bits per heavy atom. The summed E-state index contributed by atoms with van der Waals surface area (Å²) in [6, 6.07) is 17.2. The van der Waals surface area contributed by atoms with Gasteiger partial charge in [-0.3, -0.25) is 0 Å². The number of rotatable bonds is 9. The van der Waals surface area contributed by atoms with E-state index in [1.54, 1.807) is 12.1 Å². The van der Waals surface area contributed by atoms with E-state index >= 15 is 0 Å². The molecule has 4 unspecified atom stereocenters. The van der Waals surface area contributed by atoms with Gasteiger partial charge >= 0.3 is 0 Å². The molecule has 0 bridgehead atoms. The van der Waals surface area contributed by atoms with E-state index in [9.17, 15) is 4.39 Å². The Bertz CT molecular complexity index is 1110. The molecule has 0 radical (unpaired) electrons. The monoisotopic (exact) mass is 505 g/mol. The smallest absolute Gasteiger partial charge is 0.205 e. The first-order valence-electron chi connectivity index (χ1n) is 14.3. The van der Waals surface area contributed by atoms with Crippen molar-refractivity contribution in [3.63, 3.8) is 0 Å². The van der Waals surface area contributed by atoms with Gasteiger partial charge in [-0.05, 0) is 67.9 Å². The van der Waals surface area contributed by atoms with Crippen LogP contribution in [0.15, 0.2) is 65.2 Å². The zero-order valence-corrected chi connectivity index (χ0v) is 22.4. The lowest BCUT2D eigenvalue weighted by molar-refractivity contribution is -0.924. The minimum absolute atomic E-state index is 0.198. The van der Waals surface area contributed by atoms with E-state index in [0.717, 1.165) is 43.5 Å². The molecule has 0 spiro atoms. The zero-order valence-electron chi connectivity index (χ0n) is 22.4. The molecule has 2 fully saturated rings. The van der Waals surface area contributed by atoms with Gasteiger partial charge in [0.25, 0.3) is 0 Å². The Hall–Kier alpha value is -2.66. The summed E-state index contributed by atoms with van der Waals surface area (Å²) in [4.78, 5) is 6.43. The lowest BCUT2D eigenvalue weighted by Crippen LogP contribution is -3.12. The standard InChI is InChI=1S/C32H41FN2O2/c1-3-24-18-19-35(21-25(24)23-36-29-16-14-28(33)15-17-29)22-30-20-34-31(37-30)32(2,26-10-6-4-7-11-26)27-12-8-5-9-13-27/h4,6-7,10-11,14-17,20,24-25,27H,3,5,8-9,12-13,18-19,21-23H2,1-2H3/p+1. The highest BCUT2D eigenvalue weighted by Gasteiger charge is 2.42. The van der Waals surface area contributed by atoms with Crippen LogP contribution in [-0.4, -0.2) is 24.7 Å². The van der Waals surface area contributed by atoms with Crippen LogP contribution in [0, 0.1) is 23.6 Å². The van der Waals surface area contributed by atoms with Crippen molar-refractivity contribution >= 4 is 0 Å². The lowest BCUT2D eigenvalue weighted by atomic mass is 9.66. The van der Waals surface area contributed by atoms with Gasteiger partial charge in [0.2, 0.25) is 5.89 Å². The molecule has 1 N–H and O–H groups in total. The van der Waals surface area contributed by atoms with E-state index in [4.69, 9.17) is 14.1 Å². The largest absolute Gasteiger partial charge is 0.493 e. The summed E-state index contributed by atoms with van der Waals surface area (Å²) < 4.78 is 25.9. The summed E-state index contributed by atoms with van der Waals surface area (Å²) >= 11 is 0. The van der Waals surface area contributed by atoms with E-state index in [1.165, 1.54) is 61.1 Å². The van der Waals surface area contributed by atoms with Gasteiger partial charge < -0.3 is 14.1 Å². The van der Waals surface area contributed by atoms with Crippen LogP contribution >= 0.6 is 0 Å². The van der Waals surface area contributed by atoms with Gasteiger partial charge in [0.1, 0.15) is 18.1 Å². The summed E-state index contributed by atoms with van der Waals surface area (Å²) in [5, 5.41) is 0. The van der Waals surface area contributed by atoms with Gasteiger partial charge in [0.15, 0.2) is 5.76 Å². The molecule has 2 heterocycles. The summed E-state index contributed by atoms with van der Waals surface area (Å²) in [7, 11) is 0. The van der Waals surface area contributed by atoms with Crippen molar-refractivity contribution in [3.05, 3.63) is 83.8 Å². The predicted octanol–water partition coefficient (Wildman–Crippen LogP) is 6.21. The zero-order chi connectivity index (χ0) is 25.7. The summed E-state index contributed by atoms with van der Waals surface area (Å²) in [5.74, 6) is 4.04. The summed E-state index contributed by atoms with van der Waals surface area (Å²) in [5.41, 5.74) is 1.11. The quantitative estimate of drug-likeness (QED) is 0.376. The van der Waals surface area contributed by atoms with Crippen LogP contribution in [0.3, 0.4) is 0 Å². The van der Waals surface area contributed by atoms with Gasteiger partial charge in [-0.25, -0.2) is 9.37 Å². The molecule has 1 saturated heterocycles. The van der Waals surface area contributed by atoms with Crippen LogP contribution in [-0.2, 0) is 12.0 Å². The maximum Gasteiger partial charge on any atom is 0.205 e. The number of ether oxygens (including phenoxy) is 1. The molecule has 3 aromatic rings. The number of likely N-dealkylation sites (tertiary alicyclic amines) is 1. The third-order valence-corrected chi connectivity index (χ3v) is 9.11. The number of nitrogens with zero attached hydrogens (tertiary/aromatic N) is 1. The SMILES string of the molecule is CCC1CC[NH+](Cc2cnc(C(C)(c3ccccc3)C3CCCCC3)o2)CC1COc1ccc(F)cc1. The number of aromatic nitrogens is 1. The van der Waals surface area contributed by atoms with Crippen LogP contribution in [0.1, 0.15) is 76.0 Å². The van der Waals surface area contributed by atoms with Crippen LogP contribution in [0.5, 0.6) is 5.75 Å². The number of nitrogens with one attached hydrogen (secondary N) is 1. The first-order valence-corrected chi connectivity index (χ1v) is 14.3. The molecule has 0 amide bonds. The van der Waals surface area contributed by atoms with Crippen molar-refractivity contribution in [1.29, 1.82) is 0 Å². The van der Waals surface area contributed by atoms with E-state index in [1.807, 2.05) is 6.20 Å². The van der Waals surface area contributed by atoms with Gasteiger partial charge in [0, 0.05) is 5.92 Å². The highest BCUT2D eigenvalue weighted by molar-refractivity contribution is 5.32. The number of piperidine rings is 1. The average molecular weight is 506 g/mol. The lowest BCUT2D eigenvalue weighted by Gasteiger charge is -2.38. The van der Waals surface area contributed by atoms with E-state index in [-0.39, 0.29) is 11.2 Å². The van der Waals surface area contributed by atoms with Crippen LogP contribution in [0.2, 0.25) is 0 Å². The average Bonchev–Trinajstić information content (AvgIpc) is 3.42. The van der Waals surface area contributed by atoms with Gasteiger partial charge in [-0.1, -0.05) is 62.9 Å². The van der Waals surface area contributed by atoms with Crippen LogP contribution in [0.25, 0.3) is 0 Å². The minimum atomic E-state index is -0.231. The fourth-order valence-corrected chi connectivity index (χ4v) is 6.77. The van der Waals surface area contributed by atoms with Crippen molar-refractivity contribution in [1.82, 2.24) is 4.98 Å². The Morgan fingerprint density at radius 1 is 1.00 bits per heavy atom. The second kappa shape index (κ2) is 11.8. The van der Waals surface area contributed by atoms with Gasteiger partial charge in [0.05, 0.1) is 31.3 Å². The molecule has 2 aromatic carbocycles. The molecule has 5 rings (SSSR count). The highest BCUT2D eigenvalue weighted by Crippen LogP contribution is 2.45. The fourth-order valence-electron chi connectivity index (χ4n) is 6.77. The van der Waals surface area contributed by atoms with Crippen molar-refractivity contribution in [3.8, 4) is 5.75 Å². The normalized spacial score (nSPS) is 24.5. The molecule has 198 valence electrons. The Morgan fingerprint density at radius 3 is 2.49 bits per heavy atom. The molecule has 1 saturated carbocycles. The number of hydrogen-bond acceptors (Lipinski definition) is 3. The van der Waals surface area contributed by atoms with Crippen molar-refractivity contribution < 1.29 is 18.4 Å². The van der Waals surface area contributed by atoms with Crippen molar-refractivity contribution in [2.45, 2.75) is 70.8 Å². The van der Waals surface area contributed by atoms with E-state index < -0.39 is 0 Å². The molecule has 1 aliphatic heterocycles. The van der Waals surface area contributed by atoms with Crippen molar-refractivity contribution in [2.24, 2.45) is 17.8 Å². The number of benzene rings is 2. The molecule has 4 nitrogen and oxygen atoms in total. The minimum Gasteiger partial charge on any atom is -0.493 e. The highest BCUT2D eigenvalue weighted by atomic mass is 19.1. The van der Waals surface area contributed by atoms with Gasteiger partial charge in [-0.2, -0.15) is 0 Å². The Labute approximate surface area is 221 Å². The third kappa shape index (κ3) is 5.93. The topological polar surface area (TPSA) is 39.7 Å². The predicted molar refractivity (Wildman–Crippen MR) is 144 cm³/mol.